The van der Waals surface area contributed by atoms with E-state index in [4.69, 9.17) is 16.3 Å². The molecule has 0 fully saturated rings. The first-order valence-corrected chi connectivity index (χ1v) is 13.7. The Kier molecular flexibility index (Phi) is 8.19. The molecular weight excluding hydrogens is 526 g/mol. The van der Waals surface area contributed by atoms with Crippen molar-refractivity contribution in [3.8, 4) is 11.4 Å². The molecule has 2 aromatic heterocycles. The van der Waals surface area contributed by atoms with Crippen molar-refractivity contribution in [2.45, 2.75) is 19.9 Å². The van der Waals surface area contributed by atoms with Crippen LogP contribution >= 0.6 is 11.6 Å². The van der Waals surface area contributed by atoms with Crippen LogP contribution in [0, 0.1) is 0 Å². The van der Waals surface area contributed by atoms with Crippen molar-refractivity contribution in [2.24, 2.45) is 7.05 Å². The van der Waals surface area contributed by atoms with E-state index >= 15 is 0 Å². The number of nitrogens with zero attached hydrogens (tertiary/aromatic N) is 4. The second-order valence-electron chi connectivity index (χ2n) is 9.65. The van der Waals surface area contributed by atoms with E-state index in [9.17, 15) is 9.59 Å². The fraction of sp³-hybridized carbons (Fsp3) is 0.258. The molecule has 5 rings (SSSR count). The number of methoxy groups -OCH3 is 1. The SMILES string of the molecule is CCN(CCCNC(=O)c1nn(-c2ccc(OC)c(Cl)c2)c(=O)c2c1c1ccccc1n2C)Cc1ccccc1. The number of hydrogen-bond acceptors (Lipinski definition) is 5. The summed E-state index contributed by atoms with van der Waals surface area (Å²) >= 11 is 6.36. The molecule has 0 bridgehead atoms. The fourth-order valence-electron chi connectivity index (χ4n) is 5.08. The highest BCUT2D eigenvalue weighted by Gasteiger charge is 2.23. The van der Waals surface area contributed by atoms with Gasteiger partial charge in [0, 0.05) is 43.0 Å². The number of fused-ring (bicyclic) bond motifs is 3. The molecule has 0 aliphatic carbocycles. The Bertz CT molecular complexity index is 1730. The van der Waals surface area contributed by atoms with E-state index < -0.39 is 0 Å². The molecule has 2 heterocycles. The number of para-hydroxylation sites is 1. The molecule has 0 aliphatic rings. The smallest absolute Gasteiger partial charge is 0.296 e. The zero-order chi connectivity index (χ0) is 28.2. The molecule has 206 valence electrons. The maximum atomic E-state index is 13.7. The molecule has 0 aliphatic heterocycles. The van der Waals surface area contributed by atoms with Crippen LogP contribution in [0.15, 0.2) is 77.6 Å². The van der Waals surface area contributed by atoms with Gasteiger partial charge in [-0.05, 0) is 42.8 Å². The van der Waals surface area contributed by atoms with E-state index in [1.54, 1.807) is 18.2 Å². The van der Waals surface area contributed by atoms with Gasteiger partial charge in [-0.1, -0.05) is 67.1 Å². The van der Waals surface area contributed by atoms with Crippen LogP contribution in [-0.4, -0.2) is 51.9 Å². The normalized spacial score (nSPS) is 11.4. The Labute approximate surface area is 237 Å². The lowest BCUT2D eigenvalue weighted by Crippen LogP contribution is -2.32. The maximum Gasteiger partial charge on any atom is 0.296 e. The quantitative estimate of drug-likeness (QED) is 0.239. The number of halogens is 1. The lowest BCUT2D eigenvalue weighted by Gasteiger charge is -2.20. The van der Waals surface area contributed by atoms with E-state index in [0.717, 1.165) is 37.0 Å². The molecule has 0 spiro atoms. The van der Waals surface area contributed by atoms with Gasteiger partial charge < -0.3 is 14.6 Å². The second kappa shape index (κ2) is 11.9. The van der Waals surface area contributed by atoms with Crippen molar-refractivity contribution in [3.05, 3.63) is 99.4 Å². The third kappa shape index (κ3) is 5.33. The third-order valence-electron chi connectivity index (χ3n) is 7.17. The van der Waals surface area contributed by atoms with E-state index in [-0.39, 0.29) is 17.2 Å². The van der Waals surface area contributed by atoms with Gasteiger partial charge in [0.15, 0.2) is 5.69 Å². The topological polar surface area (TPSA) is 81.4 Å². The summed E-state index contributed by atoms with van der Waals surface area (Å²) in [4.78, 5) is 29.7. The van der Waals surface area contributed by atoms with Gasteiger partial charge in [-0.15, -0.1) is 0 Å². The number of aromatic nitrogens is 3. The van der Waals surface area contributed by atoms with E-state index in [1.807, 2.05) is 54.1 Å². The Balaban J connectivity index is 1.46. The van der Waals surface area contributed by atoms with Gasteiger partial charge in [0.05, 0.1) is 17.8 Å². The Hall–Kier alpha value is -4.14. The molecule has 8 nitrogen and oxygen atoms in total. The van der Waals surface area contributed by atoms with Gasteiger partial charge >= 0.3 is 0 Å². The molecule has 0 unspecified atom stereocenters. The lowest BCUT2D eigenvalue weighted by molar-refractivity contribution is 0.0946. The number of benzene rings is 3. The first kappa shape index (κ1) is 27.4. The number of amides is 1. The molecule has 1 amide bonds. The van der Waals surface area contributed by atoms with Crippen molar-refractivity contribution in [3.63, 3.8) is 0 Å². The summed E-state index contributed by atoms with van der Waals surface area (Å²) in [5.74, 6) is 0.149. The van der Waals surface area contributed by atoms with Crippen LogP contribution in [0.5, 0.6) is 5.75 Å². The number of carbonyl (C=O) groups is 1. The van der Waals surface area contributed by atoms with Crippen LogP contribution in [0.1, 0.15) is 29.4 Å². The van der Waals surface area contributed by atoms with E-state index in [0.29, 0.717) is 33.9 Å². The van der Waals surface area contributed by atoms with Gasteiger partial charge in [0.2, 0.25) is 0 Å². The van der Waals surface area contributed by atoms with Crippen LogP contribution in [0.3, 0.4) is 0 Å². The van der Waals surface area contributed by atoms with Gasteiger partial charge in [0.1, 0.15) is 11.3 Å². The number of aryl methyl sites for hydroxylation is 1. The molecule has 0 saturated carbocycles. The summed E-state index contributed by atoms with van der Waals surface area (Å²) in [5.41, 5.74) is 2.79. The van der Waals surface area contributed by atoms with Gasteiger partial charge in [0.25, 0.3) is 11.5 Å². The standard InChI is InChI=1S/C31H32ClN5O3/c1-4-36(20-21-11-6-5-7-12-21)18-10-17-33-30(38)28-27-23-13-8-9-14-25(23)35(2)29(27)31(39)37(34-28)22-15-16-26(40-3)24(32)19-22/h5-9,11-16,19H,4,10,17-18,20H2,1-3H3,(H,33,38). The minimum atomic E-state index is -0.342. The van der Waals surface area contributed by atoms with Crippen molar-refractivity contribution >= 4 is 39.3 Å². The highest BCUT2D eigenvalue weighted by atomic mass is 35.5. The minimum absolute atomic E-state index is 0.190. The summed E-state index contributed by atoms with van der Waals surface area (Å²) in [6, 6.07) is 23.0. The van der Waals surface area contributed by atoms with Crippen LogP contribution in [0.25, 0.3) is 27.5 Å². The first-order chi connectivity index (χ1) is 19.4. The zero-order valence-electron chi connectivity index (χ0n) is 22.9. The number of ether oxygens (including phenoxy) is 1. The van der Waals surface area contributed by atoms with Crippen molar-refractivity contribution in [1.82, 2.24) is 24.6 Å². The molecule has 0 saturated heterocycles. The highest BCUT2D eigenvalue weighted by Crippen LogP contribution is 2.30. The highest BCUT2D eigenvalue weighted by molar-refractivity contribution is 6.32. The van der Waals surface area contributed by atoms with Gasteiger partial charge in [-0.2, -0.15) is 9.78 Å². The van der Waals surface area contributed by atoms with Crippen molar-refractivity contribution in [1.29, 1.82) is 0 Å². The second-order valence-corrected chi connectivity index (χ2v) is 10.1. The maximum absolute atomic E-state index is 13.7. The number of nitrogens with one attached hydrogen (secondary N) is 1. The minimum Gasteiger partial charge on any atom is -0.495 e. The average Bonchev–Trinajstić information content (AvgIpc) is 3.28. The molecule has 9 heteroatoms. The summed E-state index contributed by atoms with van der Waals surface area (Å²) in [6.45, 7) is 5.23. The van der Waals surface area contributed by atoms with Crippen molar-refractivity contribution < 1.29 is 9.53 Å². The Morgan fingerprint density at radius 3 is 2.55 bits per heavy atom. The van der Waals surface area contributed by atoms with Gasteiger partial charge in [-0.3, -0.25) is 14.5 Å². The largest absolute Gasteiger partial charge is 0.495 e. The van der Waals surface area contributed by atoms with Crippen LogP contribution in [0.2, 0.25) is 5.02 Å². The molecule has 0 atom stereocenters. The summed E-state index contributed by atoms with van der Waals surface area (Å²) in [6.07, 6.45) is 0.777. The van der Waals surface area contributed by atoms with Crippen LogP contribution < -0.4 is 15.6 Å². The third-order valence-corrected chi connectivity index (χ3v) is 7.46. The number of carbonyl (C=O) groups excluding carboxylic acids is 1. The summed E-state index contributed by atoms with van der Waals surface area (Å²) in [5, 5.41) is 9.30. The van der Waals surface area contributed by atoms with Crippen molar-refractivity contribution in [2.75, 3.05) is 26.7 Å². The monoisotopic (exact) mass is 557 g/mol. The molecule has 5 aromatic rings. The van der Waals surface area contributed by atoms with Gasteiger partial charge in [-0.25, -0.2) is 0 Å². The average molecular weight is 558 g/mol. The predicted octanol–water partition coefficient (Wildman–Crippen LogP) is 5.18. The summed E-state index contributed by atoms with van der Waals surface area (Å²) < 4.78 is 8.31. The molecule has 40 heavy (non-hydrogen) atoms. The number of rotatable bonds is 10. The number of hydrogen-bond donors (Lipinski definition) is 1. The van der Waals surface area contributed by atoms with E-state index in [2.05, 4.69) is 34.4 Å². The molecular formula is C31H32ClN5O3. The first-order valence-electron chi connectivity index (χ1n) is 13.3. The molecule has 0 radical (unpaired) electrons. The van der Waals surface area contributed by atoms with Crippen LogP contribution in [0.4, 0.5) is 0 Å². The van der Waals surface area contributed by atoms with Crippen LogP contribution in [-0.2, 0) is 13.6 Å². The predicted molar refractivity (Wildman–Crippen MR) is 160 cm³/mol. The molecule has 3 aromatic carbocycles. The Morgan fingerprint density at radius 2 is 1.82 bits per heavy atom. The summed E-state index contributed by atoms with van der Waals surface area (Å²) in [7, 11) is 3.35. The zero-order valence-corrected chi connectivity index (χ0v) is 23.6. The fourth-order valence-corrected chi connectivity index (χ4v) is 5.33. The Morgan fingerprint density at radius 1 is 1.07 bits per heavy atom. The molecule has 1 N–H and O–H groups in total. The lowest BCUT2D eigenvalue weighted by atomic mass is 10.1. The van der Waals surface area contributed by atoms with E-state index in [1.165, 1.54) is 17.4 Å².